The lowest BCUT2D eigenvalue weighted by Gasteiger charge is -2.24. The summed E-state index contributed by atoms with van der Waals surface area (Å²) in [6.45, 7) is 10.5. The van der Waals surface area contributed by atoms with E-state index in [2.05, 4.69) is 17.2 Å². The van der Waals surface area contributed by atoms with Crippen molar-refractivity contribution in [1.29, 1.82) is 0 Å². The van der Waals surface area contributed by atoms with Gasteiger partial charge in [-0.15, -0.1) is 0 Å². The van der Waals surface area contributed by atoms with Crippen LogP contribution in [0.3, 0.4) is 0 Å². The number of nitrogens with one attached hydrogen (secondary N) is 2. The van der Waals surface area contributed by atoms with E-state index in [1.807, 2.05) is 24.3 Å². The Morgan fingerprint density at radius 3 is 2.33 bits per heavy atom. The summed E-state index contributed by atoms with van der Waals surface area (Å²) in [5.74, 6) is -1.48. The predicted octanol–water partition coefficient (Wildman–Crippen LogP) is 3.80. The van der Waals surface area contributed by atoms with Crippen LogP contribution in [0.4, 0.5) is 4.79 Å². The van der Waals surface area contributed by atoms with Gasteiger partial charge in [0, 0.05) is 5.69 Å². The normalized spacial score (nSPS) is 18.9. The van der Waals surface area contributed by atoms with E-state index in [-0.39, 0.29) is 12.3 Å². The Kier molecular flexibility index (Phi) is 6.76. The van der Waals surface area contributed by atoms with Gasteiger partial charge in [0.1, 0.15) is 11.6 Å². The number of H-pyrrole nitrogens is 1. The standard InChI is InChI=1S/C25H31N3O5/c1-7-9-17-10-12-18(13-11-17)25(6)23(31)28(24(32)27-25)16(5)21(29)20-14(3)19(15(4)26-20)22(30)33-8-2/h10-13,16,26H,7-9H2,1-6H3,(H,27,32)/t16-,25+/m0/s1. The van der Waals surface area contributed by atoms with E-state index in [4.69, 9.17) is 4.74 Å². The fourth-order valence-electron chi connectivity index (χ4n) is 4.33. The zero-order chi connectivity index (χ0) is 24.5. The lowest BCUT2D eigenvalue weighted by Crippen LogP contribution is -2.45. The molecule has 1 aromatic heterocycles. The molecule has 0 spiro atoms. The van der Waals surface area contributed by atoms with Crippen molar-refractivity contribution in [2.75, 3.05) is 6.61 Å². The molecule has 176 valence electrons. The summed E-state index contributed by atoms with van der Waals surface area (Å²) >= 11 is 0. The van der Waals surface area contributed by atoms with Gasteiger partial charge in [-0.1, -0.05) is 37.6 Å². The maximum atomic E-state index is 13.4. The molecule has 8 heteroatoms. The van der Waals surface area contributed by atoms with E-state index < -0.39 is 35.3 Å². The van der Waals surface area contributed by atoms with E-state index in [9.17, 15) is 19.2 Å². The first-order chi connectivity index (χ1) is 15.6. The van der Waals surface area contributed by atoms with E-state index in [0.717, 1.165) is 23.3 Å². The van der Waals surface area contributed by atoms with Crippen molar-refractivity contribution >= 4 is 23.7 Å². The van der Waals surface area contributed by atoms with Crippen LogP contribution in [-0.4, -0.2) is 46.2 Å². The number of nitrogens with zero attached hydrogens (tertiary/aromatic N) is 1. The third-order valence-corrected chi connectivity index (χ3v) is 6.22. The number of ether oxygens (including phenoxy) is 1. The van der Waals surface area contributed by atoms with Crippen LogP contribution in [0.5, 0.6) is 0 Å². The van der Waals surface area contributed by atoms with Crippen LogP contribution in [0, 0.1) is 13.8 Å². The van der Waals surface area contributed by atoms with Crippen LogP contribution < -0.4 is 5.32 Å². The predicted molar refractivity (Wildman–Crippen MR) is 123 cm³/mol. The number of amides is 3. The molecule has 1 saturated heterocycles. The number of esters is 1. The highest BCUT2D eigenvalue weighted by Gasteiger charge is 2.52. The number of urea groups is 1. The van der Waals surface area contributed by atoms with Gasteiger partial charge in [0.05, 0.1) is 17.9 Å². The zero-order valence-electron chi connectivity index (χ0n) is 20.0. The number of hydrogen-bond donors (Lipinski definition) is 2. The third-order valence-electron chi connectivity index (χ3n) is 6.22. The summed E-state index contributed by atoms with van der Waals surface area (Å²) in [4.78, 5) is 55.7. The molecule has 0 radical (unpaired) electrons. The summed E-state index contributed by atoms with van der Waals surface area (Å²) in [5, 5.41) is 2.75. The van der Waals surface area contributed by atoms with Crippen LogP contribution in [0.2, 0.25) is 0 Å². The van der Waals surface area contributed by atoms with Gasteiger partial charge >= 0.3 is 12.0 Å². The molecule has 3 amide bonds. The van der Waals surface area contributed by atoms with Crippen LogP contribution in [0.1, 0.15) is 77.3 Å². The Hall–Kier alpha value is -3.42. The van der Waals surface area contributed by atoms with E-state index in [1.165, 1.54) is 6.92 Å². The van der Waals surface area contributed by atoms with Crippen molar-refractivity contribution in [2.45, 2.75) is 66.0 Å². The SMILES string of the molecule is CCCc1ccc([C@@]2(C)NC(=O)N([C@@H](C)C(=O)c3[nH]c(C)c(C(=O)OCC)c3C)C2=O)cc1. The lowest BCUT2D eigenvalue weighted by molar-refractivity contribution is -0.131. The second kappa shape index (κ2) is 9.21. The highest BCUT2D eigenvalue weighted by atomic mass is 16.5. The maximum absolute atomic E-state index is 13.4. The van der Waals surface area contributed by atoms with Crippen molar-refractivity contribution < 1.29 is 23.9 Å². The van der Waals surface area contributed by atoms with Gasteiger partial charge in [0.15, 0.2) is 0 Å². The van der Waals surface area contributed by atoms with E-state index in [1.54, 1.807) is 27.7 Å². The summed E-state index contributed by atoms with van der Waals surface area (Å²) in [5.41, 5.74) is 1.94. The van der Waals surface area contributed by atoms with Crippen LogP contribution in [0.25, 0.3) is 0 Å². The Balaban J connectivity index is 1.89. The molecular formula is C25H31N3O5. The van der Waals surface area contributed by atoms with Gasteiger partial charge in [-0.05, 0) is 57.7 Å². The Morgan fingerprint density at radius 1 is 1.12 bits per heavy atom. The van der Waals surface area contributed by atoms with Gasteiger partial charge in [-0.3, -0.25) is 14.5 Å². The number of rotatable bonds is 8. The maximum Gasteiger partial charge on any atom is 0.340 e. The number of aromatic nitrogens is 1. The van der Waals surface area contributed by atoms with E-state index in [0.29, 0.717) is 22.4 Å². The Bertz CT molecular complexity index is 1100. The number of benzene rings is 1. The number of imide groups is 1. The number of aryl methyl sites for hydroxylation is 2. The molecule has 0 bridgehead atoms. The minimum absolute atomic E-state index is 0.182. The van der Waals surface area contributed by atoms with Crippen molar-refractivity contribution in [1.82, 2.24) is 15.2 Å². The average molecular weight is 454 g/mol. The van der Waals surface area contributed by atoms with Gasteiger partial charge in [-0.25, -0.2) is 9.59 Å². The smallest absolute Gasteiger partial charge is 0.340 e. The van der Waals surface area contributed by atoms with Crippen molar-refractivity contribution in [3.63, 3.8) is 0 Å². The third kappa shape index (κ3) is 4.17. The van der Waals surface area contributed by atoms with Crippen LogP contribution >= 0.6 is 0 Å². The molecule has 0 saturated carbocycles. The number of ketones is 1. The molecule has 2 atom stereocenters. The first kappa shape index (κ1) is 24.2. The molecule has 1 aliphatic heterocycles. The minimum Gasteiger partial charge on any atom is -0.462 e. The first-order valence-corrected chi connectivity index (χ1v) is 11.2. The molecule has 3 rings (SSSR count). The van der Waals surface area contributed by atoms with Gasteiger partial charge in [0.25, 0.3) is 5.91 Å². The monoisotopic (exact) mass is 453 g/mol. The van der Waals surface area contributed by atoms with Crippen molar-refractivity contribution in [3.05, 3.63) is 57.9 Å². The van der Waals surface area contributed by atoms with E-state index >= 15 is 0 Å². The first-order valence-electron chi connectivity index (χ1n) is 11.2. The van der Waals surface area contributed by atoms with Crippen LogP contribution in [-0.2, 0) is 21.5 Å². The number of hydrogen-bond acceptors (Lipinski definition) is 5. The molecule has 8 nitrogen and oxygen atoms in total. The second-order valence-corrected chi connectivity index (χ2v) is 8.56. The minimum atomic E-state index is -1.27. The summed E-state index contributed by atoms with van der Waals surface area (Å²) in [6, 6.07) is 5.87. The zero-order valence-corrected chi connectivity index (χ0v) is 20.0. The van der Waals surface area contributed by atoms with Crippen molar-refractivity contribution in [3.8, 4) is 0 Å². The molecule has 1 aromatic carbocycles. The van der Waals surface area contributed by atoms with Crippen LogP contribution in [0.15, 0.2) is 24.3 Å². The number of Topliss-reactive ketones (excluding diaryl/α,β-unsaturated/α-hetero) is 1. The average Bonchev–Trinajstić information content (AvgIpc) is 3.19. The molecule has 1 aliphatic rings. The van der Waals surface area contributed by atoms with Crippen molar-refractivity contribution in [2.24, 2.45) is 0 Å². The highest BCUT2D eigenvalue weighted by molar-refractivity contribution is 6.13. The topological polar surface area (TPSA) is 109 Å². The number of aromatic amines is 1. The number of carbonyl (C=O) groups excluding carboxylic acids is 4. The van der Waals surface area contributed by atoms with Gasteiger partial charge in [-0.2, -0.15) is 0 Å². The molecule has 2 N–H and O–H groups in total. The quantitative estimate of drug-likeness (QED) is 0.359. The highest BCUT2D eigenvalue weighted by Crippen LogP contribution is 2.31. The molecule has 0 aliphatic carbocycles. The molecule has 2 heterocycles. The summed E-state index contributed by atoms with van der Waals surface area (Å²) in [7, 11) is 0. The molecule has 33 heavy (non-hydrogen) atoms. The summed E-state index contributed by atoms with van der Waals surface area (Å²) < 4.78 is 5.08. The molecule has 1 fully saturated rings. The Labute approximate surface area is 193 Å². The Morgan fingerprint density at radius 2 is 1.76 bits per heavy atom. The molecular weight excluding hydrogens is 422 g/mol. The largest absolute Gasteiger partial charge is 0.462 e. The molecule has 0 unspecified atom stereocenters. The van der Waals surface area contributed by atoms with Gasteiger partial charge < -0.3 is 15.0 Å². The fraction of sp³-hybridized carbons (Fsp3) is 0.440. The number of carbonyl (C=O) groups is 4. The second-order valence-electron chi connectivity index (χ2n) is 8.56. The fourth-order valence-corrected chi connectivity index (χ4v) is 4.33. The summed E-state index contributed by atoms with van der Waals surface area (Å²) in [6.07, 6.45) is 1.94. The lowest BCUT2D eigenvalue weighted by atomic mass is 9.90. The van der Waals surface area contributed by atoms with Gasteiger partial charge in [0.2, 0.25) is 5.78 Å². The molecule has 2 aromatic rings.